The SMILES string of the molecule is OSCC(CNCC1CC1)OF. The molecule has 1 atom stereocenters. The number of rotatable bonds is 7. The molecule has 72 valence electrons. The predicted octanol–water partition coefficient (Wildman–Crippen LogP) is 1.46. The summed E-state index contributed by atoms with van der Waals surface area (Å²) in [5.41, 5.74) is 0. The van der Waals surface area contributed by atoms with Crippen molar-refractivity contribution in [3.63, 3.8) is 0 Å². The highest BCUT2D eigenvalue weighted by molar-refractivity contribution is 7.93. The van der Waals surface area contributed by atoms with E-state index in [1.807, 2.05) is 0 Å². The summed E-state index contributed by atoms with van der Waals surface area (Å²) >= 11 is 0.604. The molecule has 5 heteroatoms. The van der Waals surface area contributed by atoms with E-state index < -0.39 is 6.10 Å². The van der Waals surface area contributed by atoms with Crippen LogP contribution < -0.4 is 5.32 Å². The summed E-state index contributed by atoms with van der Waals surface area (Å²) in [5.74, 6) is 1.06. The van der Waals surface area contributed by atoms with E-state index in [1.165, 1.54) is 12.8 Å². The minimum absolute atomic E-state index is 0.272. The van der Waals surface area contributed by atoms with Gasteiger partial charge in [0.05, 0.1) is 5.75 Å². The number of halogens is 1. The van der Waals surface area contributed by atoms with Crippen LogP contribution in [-0.2, 0) is 4.94 Å². The van der Waals surface area contributed by atoms with Crippen molar-refractivity contribution in [2.45, 2.75) is 18.9 Å². The zero-order valence-electron chi connectivity index (χ0n) is 6.83. The van der Waals surface area contributed by atoms with Crippen LogP contribution in [0.4, 0.5) is 4.53 Å². The maximum atomic E-state index is 11.7. The minimum Gasteiger partial charge on any atom is -0.330 e. The van der Waals surface area contributed by atoms with Crippen molar-refractivity contribution in [2.75, 3.05) is 18.8 Å². The van der Waals surface area contributed by atoms with Crippen molar-refractivity contribution in [2.24, 2.45) is 5.92 Å². The summed E-state index contributed by atoms with van der Waals surface area (Å²) in [6.07, 6.45) is 2.03. The van der Waals surface area contributed by atoms with Crippen molar-refractivity contribution < 1.29 is 14.0 Å². The van der Waals surface area contributed by atoms with Crippen molar-refractivity contribution >= 4 is 12.0 Å². The molecule has 3 nitrogen and oxygen atoms in total. The average Bonchev–Trinajstić information content (AvgIpc) is 2.87. The fraction of sp³-hybridized carbons (Fsp3) is 1.00. The third kappa shape index (κ3) is 4.25. The Labute approximate surface area is 75.8 Å². The van der Waals surface area contributed by atoms with E-state index in [4.69, 9.17) is 4.55 Å². The summed E-state index contributed by atoms with van der Waals surface area (Å²) in [6, 6.07) is 0. The minimum atomic E-state index is -0.529. The van der Waals surface area contributed by atoms with Crippen LogP contribution in [0.3, 0.4) is 0 Å². The Hall–Kier alpha value is 0.160. The van der Waals surface area contributed by atoms with Gasteiger partial charge in [-0.25, -0.2) is 0 Å². The highest BCUT2D eigenvalue weighted by Crippen LogP contribution is 2.27. The van der Waals surface area contributed by atoms with E-state index in [0.717, 1.165) is 12.5 Å². The standard InChI is InChI=1S/C7H14FNO2S/c8-11-7(5-12-10)4-9-3-6-1-2-6/h6-7,9-10H,1-5H2. The van der Waals surface area contributed by atoms with E-state index in [0.29, 0.717) is 18.6 Å². The molecule has 1 aliphatic rings. The molecule has 12 heavy (non-hydrogen) atoms. The molecule has 0 amide bonds. The maximum Gasteiger partial charge on any atom is 0.122 e. The Morgan fingerprint density at radius 3 is 2.92 bits per heavy atom. The summed E-state index contributed by atoms with van der Waals surface area (Å²) in [7, 11) is 0. The second kappa shape index (κ2) is 5.75. The fourth-order valence-corrected chi connectivity index (χ4v) is 1.31. The van der Waals surface area contributed by atoms with Crippen LogP contribution in [0.15, 0.2) is 0 Å². The molecule has 0 aromatic rings. The first-order chi connectivity index (χ1) is 5.86. The molecule has 1 saturated carbocycles. The second-order valence-corrected chi connectivity index (χ2v) is 3.70. The third-order valence-electron chi connectivity index (χ3n) is 1.89. The van der Waals surface area contributed by atoms with Gasteiger partial charge < -0.3 is 9.87 Å². The third-order valence-corrected chi connectivity index (χ3v) is 2.41. The number of nitrogens with one attached hydrogen (secondary N) is 1. The first-order valence-corrected chi connectivity index (χ1v) is 5.05. The average molecular weight is 195 g/mol. The van der Waals surface area contributed by atoms with Crippen LogP contribution in [0.1, 0.15) is 12.8 Å². The van der Waals surface area contributed by atoms with Crippen LogP contribution in [0.25, 0.3) is 0 Å². The van der Waals surface area contributed by atoms with Gasteiger partial charge in [-0.1, -0.05) is 0 Å². The van der Waals surface area contributed by atoms with Crippen LogP contribution >= 0.6 is 12.0 Å². The maximum absolute atomic E-state index is 11.7. The van der Waals surface area contributed by atoms with E-state index in [1.54, 1.807) is 0 Å². The Balaban J connectivity index is 1.93. The Bertz CT molecular complexity index is 124. The van der Waals surface area contributed by atoms with Crippen molar-refractivity contribution in [3.05, 3.63) is 0 Å². The molecule has 0 aliphatic heterocycles. The summed E-state index contributed by atoms with van der Waals surface area (Å²) in [5, 5.41) is 3.09. The van der Waals surface area contributed by atoms with E-state index in [-0.39, 0.29) is 5.75 Å². The van der Waals surface area contributed by atoms with Gasteiger partial charge in [0.15, 0.2) is 0 Å². The van der Waals surface area contributed by atoms with Gasteiger partial charge in [0.25, 0.3) is 0 Å². The normalized spacial score (nSPS) is 19.5. The van der Waals surface area contributed by atoms with Crippen molar-refractivity contribution in [3.8, 4) is 0 Å². The Kier molecular flexibility index (Phi) is 4.90. The molecule has 0 heterocycles. The first kappa shape index (κ1) is 10.2. The molecule has 0 radical (unpaired) electrons. The molecule has 0 bridgehead atoms. The van der Waals surface area contributed by atoms with Gasteiger partial charge in [0.2, 0.25) is 0 Å². The molecule has 1 unspecified atom stereocenters. The predicted molar refractivity (Wildman–Crippen MR) is 46.7 cm³/mol. The van der Waals surface area contributed by atoms with Crippen molar-refractivity contribution in [1.29, 1.82) is 0 Å². The quantitative estimate of drug-likeness (QED) is 0.603. The summed E-state index contributed by atoms with van der Waals surface area (Å²) in [6.45, 7) is 1.41. The first-order valence-electron chi connectivity index (χ1n) is 4.11. The second-order valence-electron chi connectivity index (χ2n) is 3.11. The monoisotopic (exact) mass is 195 g/mol. The zero-order valence-corrected chi connectivity index (χ0v) is 7.65. The largest absolute Gasteiger partial charge is 0.330 e. The molecule has 1 rings (SSSR count). The molecule has 0 spiro atoms. The Morgan fingerprint density at radius 2 is 2.42 bits per heavy atom. The van der Waals surface area contributed by atoms with Gasteiger partial charge in [-0.05, 0) is 41.9 Å². The van der Waals surface area contributed by atoms with Gasteiger partial charge in [0, 0.05) is 6.54 Å². The Morgan fingerprint density at radius 1 is 1.67 bits per heavy atom. The van der Waals surface area contributed by atoms with Crippen LogP contribution in [0.2, 0.25) is 0 Å². The highest BCUT2D eigenvalue weighted by Gasteiger charge is 2.21. The lowest BCUT2D eigenvalue weighted by Gasteiger charge is -2.10. The lowest BCUT2D eigenvalue weighted by molar-refractivity contribution is -0.168. The van der Waals surface area contributed by atoms with Crippen LogP contribution in [-0.4, -0.2) is 29.5 Å². The smallest absolute Gasteiger partial charge is 0.122 e. The van der Waals surface area contributed by atoms with E-state index in [9.17, 15) is 4.53 Å². The topological polar surface area (TPSA) is 41.5 Å². The van der Waals surface area contributed by atoms with Gasteiger partial charge in [-0.2, -0.15) is 4.94 Å². The lowest BCUT2D eigenvalue weighted by atomic mass is 10.3. The molecule has 0 aromatic heterocycles. The molecule has 0 aromatic carbocycles. The number of hydrogen-bond acceptors (Lipinski definition) is 4. The van der Waals surface area contributed by atoms with Crippen LogP contribution in [0.5, 0.6) is 0 Å². The van der Waals surface area contributed by atoms with Gasteiger partial charge >= 0.3 is 0 Å². The molecule has 1 fully saturated rings. The molecular formula is C7H14FNO2S. The van der Waals surface area contributed by atoms with Crippen molar-refractivity contribution in [1.82, 2.24) is 5.32 Å². The van der Waals surface area contributed by atoms with E-state index in [2.05, 4.69) is 10.3 Å². The van der Waals surface area contributed by atoms with Gasteiger partial charge in [-0.15, -0.1) is 0 Å². The molecule has 2 N–H and O–H groups in total. The fourth-order valence-electron chi connectivity index (χ4n) is 0.970. The van der Waals surface area contributed by atoms with Gasteiger partial charge in [-0.3, -0.25) is 0 Å². The zero-order chi connectivity index (χ0) is 8.81. The number of hydrogen-bond donors (Lipinski definition) is 2. The van der Waals surface area contributed by atoms with Crippen LogP contribution in [0, 0.1) is 5.92 Å². The molecule has 0 saturated heterocycles. The summed E-state index contributed by atoms with van der Waals surface area (Å²) < 4.78 is 20.2. The summed E-state index contributed by atoms with van der Waals surface area (Å²) in [4.78, 5) is 3.65. The lowest BCUT2D eigenvalue weighted by Crippen LogP contribution is -2.30. The highest BCUT2D eigenvalue weighted by atomic mass is 32.2. The van der Waals surface area contributed by atoms with E-state index >= 15 is 0 Å². The van der Waals surface area contributed by atoms with Gasteiger partial charge in [0.1, 0.15) is 6.10 Å². The molecular weight excluding hydrogens is 181 g/mol. The molecule has 1 aliphatic carbocycles.